The first-order valence-electron chi connectivity index (χ1n) is 8.28. The van der Waals surface area contributed by atoms with Gasteiger partial charge in [-0.2, -0.15) is 0 Å². The van der Waals surface area contributed by atoms with Crippen molar-refractivity contribution in [1.82, 2.24) is 15.2 Å². The first-order chi connectivity index (χ1) is 11.7. The summed E-state index contributed by atoms with van der Waals surface area (Å²) >= 11 is 0. The summed E-state index contributed by atoms with van der Waals surface area (Å²) in [5, 5.41) is 2.97. The molecule has 1 aromatic heterocycles. The summed E-state index contributed by atoms with van der Waals surface area (Å²) in [7, 11) is 0. The van der Waals surface area contributed by atoms with Gasteiger partial charge in [0.2, 0.25) is 5.91 Å². The molecule has 24 heavy (non-hydrogen) atoms. The number of nitrogens with one attached hydrogen (secondary N) is 1. The lowest BCUT2D eigenvalue weighted by Crippen LogP contribution is -2.47. The molecule has 2 aromatic rings. The van der Waals surface area contributed by atoms with E-state index in [-0.39, 0.29) is 18.1 Å². The summed E-state index contributed by atoms with van der Waals surface area (Å²) in [5.74, 6) is 0.0221. The number of carbonyl (C=O) groups is 1. The van der Waals surface area contributed by atoms with Crippen LogP contribution in [0.4, 0.5) is 0 Å². The number of ether oxygens (including phenoxy) is 1. The number of carbonyl (C=O) groups excluding carboxylic acids is 1. The lowest BCUT2D eigenvalue weighted by Gasteiger charge is -2.38. The van der Waals surface area contributed by atoms with Crippen molar-refractivity contribution >= 4 is 5.91 Å². The third-order valence-electron chi connectivity index (χ3n) is 4.21. The van der Waals surface area contributed by atoms with Gasteiger partial charge in [-0.3, -0.25) is 14.7 Å². The molecule has 2 atom stereocenters. The van der Waals surface area contributed by atoms with Gasteiger partial charge in [0.05, 0.1) is 25.3 Å². The van der Waals surface area contributed by atoms with Gasteiger partial charge in [-0.05, 0) is 24.1 Å². The van der Waals surface area contributed by atoms with E-state index in [1.54, 1.807) is 12.4 Å². The minimum Gasteiger partial charge on any atom is -0.375 e. The van der Waals surface area contributed by atoms with Gasteiger partial charge in [0.1, 0.15) is 0 Å². The number of nitrogens with zero attached hydrogens (tertiary/aromatic N) is 2. The molecule has 5 nitrogen and oxygen atoms in total. The average Bonchev–Trinajstić information content (AvgIpc) is 2.62. The monoisotopic (exact) mass is 325 g/mol. The van der Waals surface area contributed by atoms with E-state index < -0.39 is 0 Å². The molecule has 1 N–H and O–H groups in total. The van der Waals surface area contributed by atoms with Crippen LogP contribution in [0, 0.1) is 0 Å². The normalized spacial score (nSPS) is 21.4. The Labute approximate surface area is 142 Å². The summed E-state index contributed by atoms with van der Waals surface area (Å²) in [6.07, 6.45) is 3.63. The van der Waals surface area contributed by atoms with Crippen molar-refractivity contribution in [2.75, 3.05) is 19.7 Å². The quantitative estimate of drug-likeness (QED) is 0.915. The van der Waals surface area contributed by atoms with Crippen LogP contribution in [0.15, 0.2) is 54.9 Å². The number of benzene rings is 1. The third-order valence-corrected chi connectivity index (χ3v) is 4.21. The van der Waals surface area contributed by atoms with E-state index >= 15 is 0 Å². The van der Waals surface area contributed by atoms with E-state index in [0.29, 0.717) is 19.7 Å². The van der Waals surface area contributed by atoms with Crippen LogP contribution in [-0.2, 0) is 16.1 Å². The molecule has 2 heterocycles. The Balaban J connectivity index is 1.61. The number of morpholine rings is 1. The van der Waals surface area contributed by atoms with Crippen LogP contribution < -0.4 is 5.32 Å². The predicted octanol–water partition coefficient (Wildman–Crippen LogP) is 2.16. The van der Waals surface area contributed by atoms with Crippen LogP contribution >= 0.6 is 0 Å². The van der Waals surface area contributed by atoms with Crippen molar-refractivity contribution in [1.29, 1.82) is 0 Å². The Morgan fingerprint density at radius 2 is 2.12 bits per heavy atom. The lowest BCUT2D eigenvalue weighted by atomic mass is 10.0. The Hall–Kier alpha value is -2.24. The Morgan fingerprint density at radius 1 is 1.29 bits per heavy atom. The van der Waals surface area contributed by atoms with Gasteiger partial charge in [-0.1, -0.05) is 36.4 Å². The van der Waals surface area contributed by atoms with Crippen molar-refractivity contribution in [2.24, 2.45) is 0 Å². The van der Waals surface area contributed by atoms with E-state index in [1.807, 2.05) is 37.3 Å². The molecule has 0 spiro atoms. The fourth-order valence-corrected chi connectivity index (χ4v) is 2.97. The Morgan fingerprint density at radius 3 is 2.88 bits per heavy atom. The van der Waals surface area contributed by atoms with Gasteiger partial charge in [0, 0.05) is 25.5 Å². The highest BCUT2D eigenvalue weighted by atomic mass is 16.5. The van der Waals surface area contributed by atoms with Crippen LogP contribution in [0.2, 0.25) is 0 Å². The minimum atomic E-state index is 0.0221. The molecule has 126 valence electrons. The Bertz CT molecular complexity index is 648. The van der Waals surface area contributed by atoms with Gasteiger partial charge < -0.3 is 10.1 Å². The molecule has 0 radical (unpaired) electrons. The second-order valence-electron chi connectivity index (χ2n) is 6.14. The second-order valence-corrected chi connectivity index (χ2v) is 6.14. The molecule has 0 unspecified atom stereocenters. The standard InChI is InChI=1S/C19H23N3O2/c1-15-12-22(18(14-24-15)17-7-3-2-4-8-17)13-19(23)21-11-16-6-5-9-20-10-16/h2-10,15,18H,11-14H2,1H3,(H,21,23)/t15-,18-/m1/s1. The molecule has 1 fully saturated rings. The van der Waals surface area contributed by atoms with Crippen molar-refractivity contribution in [2.45, 2.75) is 25.6 Å². The van der Waals surface area contributed by atoms with Crippen molar-refractivity contribution in [3.8, 4) is 0 Å². The molecular weight excluding hydrogens is 302 g/mol. The molecular formula is C19H23N3O2. The number of hydrogen-bond donors (Lipinski definition) is 1. The average molecular weight is 325 g/mol. The largest absolute Gasteiger partial charge is 0.375 e. The first kappa shape index (κ1) is 16.6. The smallest absolute Gasteiger partial charge is 0.234 e. The number of hydrogen-bond acceptors (Lipinski definition) is 4. The Kier molecular flexibility index (Phi) is 5.56. The highest BCUT2D eigenvalue weighted by molar-refractivity contribution is 5.78. The topological polar surface area (TPSA) is 54.5 Å². The van der Waals surface area contributed by atoms with Gasteiger partial charge in [-0.15, -0.1) is 0 Å². The SMILES string of the molecule is C[C@@H]1CN(CC(=O)NCc2cccnc2)[C@@H](c2ccccc2)CO1. The van der Waals surface area contributed by atoms with Crippen molar-refractivity contribution in [3.05, 3.63) is 66.0 Å². The zero-order valence-corrected chi connectivity index (χ0v) is 13.9. The lowest BCUT2D eigenvalue weighted by molar-refractivity contribution is -0.126. The van der Waals surface area contributed by atoms with E-state index in [2.05, 4.69) is 27.3 Å². The third kappa shape index (κ3) is 4.40. The zero-order chi connectivity index (χ0) is 16.8. The molecule has 1 amide bonds. The van der Waals surface area contributed by atoms with E-state index in [9.17, 15) is 4.79 Å². The highest BCUT2D eigenvalue weighted by Crippen LogP contribution is 2.25. The number of aromatic nitrogens is 1. The van der Waals surface area contributed by atoms with Crippen LogP contribution in [-0.4, -0.2) is 41.6 Å². The number of rotatable bonds is 5. The molecule has 5 heteroatoms. The van der Waals surface area contributed by atoms with Gasteiger partial charge in [0.15, 0.2) is 0 Å². The molecule has 0 bridgehead atoms. The molecule has 0 aliphatic carbocycles. The van der Waals surface area contributed by atoms with Crippen molar-refractivity contribution < 1.29 is 9.53 Å². The van der Waals surface area contributed by atoms with Gasteiger partial charge in [-0.25, -0.2) is 0 Å². The molecule has 1 aromatic carbocycles. The summed E-state index contributed by atoms with van der Waals surface area (Å²) < 4.78 is 5.80. The maximum Gasteiger partial charge on any atom is 0.234 e. The van der Waals surface area contributed by atoms with Crippen LogP contribution in [0.1, 0.15) is 24.1 Å². The minimum absolute atomic E-state index is 0.0221. The highest BCUT2D eigenvalue weighted by Gasteiger charge is 2.29. The molecule has 1 saturated heterocycles. The summed E-state index contributed by atoms with van der Waals surface area (Å²) in [4.78, 5) is 18.6. The number of amides is 1. The molecule has 1 aliphatic rings. The summed E-state index contributed by atoms with van der Waals surface area (Å²) in [6, 6.07) is 14.2. The number of pyridine rings is 1. The molecule has 0 saturated carbocycles. The van der Waals surface area contributed by atoms with Crippen LogP contribution in [0.25, 0.3) is 0 Å². The van der Waals surface area contributed by atoms with Gasteiger partial charge >= 0.3 is 0 Å². The van der Waals surface area contributed by atoms with E-state index in [1.165, 1.54) is 5.56 Å². The van der Waals surface area contributed by atoms with E-state index in [4.69, 9.17) is 4.74 Å². The van der Waals surface area contributed by atoms with Crippen LogP contribution in [0.3, 0.4) is 0 Å². The zero-order valence-electron chi connectivity index (χ0n) is 13.9. The molecule has 1 aliphatic heterocycles. The molecule has 3 rings (SSSR count). The predicted molar refractivity (Wildman–Crippen MR) is 92.3 cm³/mol. The van der Waals surface area contributed by atoms with Crippen LogP contribution in [0.5, 0.6) is 0 Å². The van der Waals surface area contributed by atoms with Crippen molar-refractivity contribution in [3.63, 3.8) is 0 Å². The second kappa shape index (κ2) is 8.04. The summed E-state index contributed by atoms with van der Waals surface area (Å²) in [5.41, 5.74) is 2.19. The van der Waals surface area contributed by atoms with Gasteiger partial charge in [0.25, 0.3) is 0 Å². The maximum absolute atomic E-state index is 12.4. The maximum atomic E-state index is 12.4. The van der Waals surface area contributed by atoms with E-state index in [0.717, 1.165) is 12.1 Å². The summed E-state index contributed by atoms with van der Waals surface area (Å²) in [6.45, 7) is 4.28. The fourth-order valence-electron chi connectivity index (χ4n) is 2.97. The fraction of sp³-hybridized carbons (Fsp3) is 0.368. The first-order valence-corrected chi connectivity index (χ1v) is 8.28.